The normalized spacial score (nSPS) is 22.0. The maximum Gasteiger partial charge on any atom is 0.256 e. The van der Waals surface area contributed by atoms with Gasteiger partial charge in [0.15, 0.2) is 0 Å². The average Bonchev–Trinajstić information content (AvgIpc) is 3.07. The van der Waals surface area contributed by atoms with Crippen LogP contribution in [0.25, 0.3) is 0 Å². The van der Waals surface area contributed by atoms with Crippen LogP contribution in [0.15, 0.2) is 24.3 Å². The lowest BCUT2D eigenvalue weighted by Crippen LogP contribution is -2.44. The Hall–Kier alpha value is -1.92. The Kier molecular flexibility index (Phi) is 4.13. The number of hydrogen-bond donors (Lipinski definition) is 0. The SMILES string of the molecule is CC1(C)OCCN1C(=O)c1ccc(C(=O)N2CCOC2(C)C)cc1. The van der Waals surface area contributed by atoms with Crippen LogP contribution in [0, 0.1) is 0 Å². The van der Waals surface area contributed by atoms with E-state index in [1.807, 2.05) is 27.7 Å². The maximum absolute atomic E-state index is 12.6. The fourth-order valence-corrected chi connectivity index (χ4v) is 3.23. The summed E-state index contributed by atoms with van der Waals surface area (Å²) in [6, 6.07) is 6.81. The van der Waals surface area contributed by atoms with E-state index in [0.717, 1.165) is 0 Å². The number of carbonyl (C=O) groups is 2. The van der Waals surface area contributed by atoms with E-state index in [1.54, 1.807) is 34.1 Å². The van der Waals surface area contributed by atoms with E-state index in [-0.39, 0.29) is 11.8 Å². The van der Waals surface area contributed by atoms with E-state index in [4.69, 9.17) is 9.47 Å². The highest BCUT2D eigenvalue weighted by molar-refractivity contribution is 5.98. The van der Waals surface area contributed by atoms with Gasteiger partial charge in [0.25, 0.3) is 11.8 Å². The Bertz CT molecular complexity index is 594. The molecule has 0 aromatic heterocycles. The van der Waals surface area contributed by atoms with Crippen molar-refractivity contribution >= 4 is 11.8 Å². The molecule has 2 saturated heterocycles. The molecule has 6 nitrogen and oxygen atoms in total. The van der Waals surface area contributed by atoms with Crippen LogP contribution in [0.3, 0.4) is 0 Å². The Balaban J connectivity index is 1.76. The van der Waals surface area contributed by atoms with Gasteiger partial charge in [-0.1, -0.05) is 0 Å². The molecule has 2 amide bonds. The topological polar surface area (TPSA) is 59.1 Å². The fourth-order valence-electron chi connectivity index (χ4n) is 3.23. The number of benzene rings is 1. The smallest absolute Gasteiger partial charge is 0.256 e. The number of rotatable bonds is 2. The molecule has 0 saturated carbocycles. The maximum atomic E-state index is 12.6. The molecule has 0 aliphatic carbocycles. The Morgan fingerprint density at radius 2 is 1.12 bits per heavy atom. The van der Waals surface area contributed by atoms with E-state index in [9.17, 15) is 9.59 Å². The minimum absolute atomic E-state index is 0.0821. The number of nitrogens with zero attached hydrogens (tertiary/aromatic N) is 2. The van der Waals surface area contributed by atoms with Gasteiger partial charge in [0, 0.05) is 24.2 Å². The summed E-state index contributed by atoms with van der Waals surface area (Å²) in [5, 5.41) is 0. The van der Waals surface area contributed by atoms with E-state index < -0.39 is 11.4 Å². The van der Waals surface area contributed by atoms with Gasteiger partial charge in [0.2, 0.25) is 0 Å². The summed E-state index contributed by atoms with van der Waals surface area (Å²) in [5.41, 5.74) is -0.0746. The van der Waals surface area contributed by atoms with Crippen LogP contribution < -0.4 is 0 Å². The molecule has 0 bridgehead atoms. The summed E-state index contributed by atoms with van der Waals surface area (Å²) in [7, 11) is 0. The lowest BCUT2D eigenvalue weighted by Gasteiger charge is -2.30. The number of amides is 2. The molecule has 3 rings (SSSR count). The van der Waals surface area contributed by atoms with Crippen molar-refractivity contribution in [3.8, 4) is 0 Å². The third-order valence-electron chi connectivity index (χ3n) is 4.71. The highest BCUT2D eigenvalue weighted by Gasteiger charge is 2.38. The molecule has 0 atom stereocenters. The molecule has 0 unspecified atom stereocenters. The van der Waals surface area contributed by atoms with E-state index in [2.05, 4.69) is 0 Å². The molecule has 0 radical (unpaired) electrons. The van der Waals surface area contributed by atoms with Crippen molar-refractivity contribution in [2.45, 2.75) is 39.1 Å². The lowest BCUT2D eigenvalue weighted by molar-refractivity contribution is -0.0389. The molecule has 24 heavy (non-hydrogen) atoms. The zero-order chi connectivity index (χ0) is 17.5. The summed E-state index contributed by atoms with van der Waals surface area (Å²) in [6.45, 7) is 9.75. The molecule has 2 fully saturated rings. The van der Waals surface area contributed by atoms with Crippen molar-refractivity contribution in [1.82, 2.24) is 9.80 Å². The molecular weight excluding hydrogens is 308 g/mol. The standard InChI is InChI=1S/C18H24N2O4/c1-17(2)19(9-11-23-17)15(21)13-5-7-14(8-6-13)16(22)20-10-12-24-18(20,3)4/h5-8H,9-12H2,1-4H3. The fraction of sp³-hybridized carbons (Fsp3) is 0.556. The molecule has 2 aliphatic rings. The largest absolute Gasteiger partial charge is 0.354 e. The second-order valence-electron chi connectivity index (χ2n) is 7.08. The van der Waals surface area contributed by atoms with Crippen molar-refractivity contribution in [2.24, 2.45) is 0 Å². The van der Waals surface area contributed by atoms with Gasteiger partial charge in [-0.3, -0.25) is 9.59 Å². The first-order chi connectivity index (χ1) is 11.2. The van der Waals surface area contributed by atoms with Gasteiger partial charge in [-0.05, 0) is 52.0 Å². The van der Waals surface area contributed by atoms with E-state index in [0.29, 0.717) is 37.4 Å². The van der Waals surface area contributed by atoms with Crippen molar-refractivity contribution < 1.29 is 19.1 Å². The summed E-state index contributed by atoms with van der Waals surface area (Å²) < 4.78 is 11.2. The van der Waals surface area contributed by atoms with Crippen LogP contribution in [0.1, 0.15) is 48.4 Å². The zero-order valence-corrected chi connectivity index (χ0v) is 14.7. The predicted octanol–water partition coefficient (Wildman–Crippen LogP) is 2.10. The van der Waals surface area contributed by atoms with Crippen molar-refractivity contribution in [1.29, 1.82) is 0 Å². The molecule has 2 heterocycles. The first-order valence-corrected chi connectivity index (χ1v) is 8.24. The summed E-state index contributed by atoms with van der Waals surface area (Å²) >= 11 is 0. The molecule has 0 spiro atoms. The van der Waals surface area contributed by atoms with Crippen molar-refractivity contribution in [3.05, 3.63) is 35.4 Å². The van der Waals surface area contributed by atoms with E-state index in [1.165, 1.54) is 0 Å². The number of ether oxygens (including phenoxy) is 2. The monoisotopic (exact) mass is 332 g/mol. The van der Waals surface area contributed by atoms with Gasteiger partial charge >= 0.3 is 0 Å². The van der Waals surface area contributed by atoms with Crippen molar-refractivity contribution in [2.75, 3.05) is 26.3 Å². The first kappa shape index (κ1) is 16.9. The molecular formula is C18H24N2O4. The Morgan fingerprint density at radius 3 is 1.38 bits per heavy atom. The van der Waals surface area contributed by atoms with Crippen LogP contribution >= 0.6 is 0 Å². The minimum Gasteiger partial charge on any atom is -0.354 e. The average molecular weight is 332 g/mol. The van der Waals surface area contributed by atoms with Gasteiger partial charge < -0.3 is 19.3 Å². The first-order valence-electron chi connectivity index (χ1n) is 8.24. The minimum atomic E-state index is -0.595. The van der Waals surface area contributed by atoms with Crippen molar-refractivity contribution in [3.63, 3.8) is 0 Å². The molecule has 0 N–H and O–H groups in total. The molecule has 1 aromatic carbocycles. The number of hydrogen-bond acceptors (Lipinski definition) is 4. The highest BCUT2D eigenvalue weighted by Crippen LogP contribution is 2.26. The van der Waals surface area contributed by atoms with Gasteiger partial charge in [-0.15, -0.1) is 0 Å². The lowest BCUT2D eigenvalue weighted by atomic mass is 10.1. The van der Waals surface area contributed by atoms with E-state index >= 15 is 0 Å². The molecule has 1 aromatic rings. The summed E-state index contributed by atoms with van der Waals surface area (Å²) in [5.74, 6) is -0.164. The quantitative estimate of drug-likeness (QED) is 0.832. The summed E-state index contributed by atoms with van der Waals surface area (Å²) in [4.78, 5) is 28.7. The van der Waals surface area contributed by atoms with Crippen LogP contribution in [-0.2, 0) is 9.47 Å². The third-order valence-corrected chi connectivity index (χ3v) is 4.71. The van der Waals surface area contributed by atoms with Crippen LogP contribution in [0.5, 0.6) is 0 Å². The van der Waals surface area contributed by atoms with Gasteiger partial charge in [-0.2, -0.15) is 0 Å². The van der Waals surface area contributed by atoms with Gasteiger partial charge in [-0.25, -0.2) is 0 Å². The van der Waals surface area contributed by atoms with Gasteiger partial charge in [0.1, 0.15) is 11.4 Å². The van der Waals surface area contributed by atoms with Crippen LogP contribution in [0.2, 0.25) is 0 Å². The van der Waals surface area contributed by atoms with Crippen LogP contribution in [0.4, 0.5) is 0 Å². The third kappa shape index (κ3) is 2.91. The Labute approximate surface area is 142 Å². The number of carbonyl (C=O) groups excluding carboxylic acids is 2. The van der Waals surface area contributed by atoms with Gasteiger partial charge in [0.05, 0.1) is 13.2 Å². The molecule has 6 heteroatoms. The highest BCUT2D eigenvalue weighted by atomic mass is 16.5. The second-order valence-corrected chi connectivity index (χ2v) is 7.08. The Morgan fingerprint density at radius 1 is 0.792 bits per heavy atom. The predicted molar refractivity (Wildman–Crippen MR) is 88.6 cm³/mol. The second kappa shape index (κ2) is 5.86. The van der Waals surface area contributed by atoms with Crippen LogP contribution in [-0.4, -0.2) is 59.4 Å². The summed E-state index contributed by atoms with van der Waals surface area (Å²) in [6.07, 6.45) is 0. The molecule has 2 aliphatic heterocycles. The molecule has 130 valence electrons. The zero-order valence-electron chi connectivity index (χ0n) is 14.7.